The fraction of sp³-hybridized carbons (Fsp3) is 0.556. The third kappa shape index (κ3) is 3.47. The Kier molecular flexibility index (Phi) is 4.62. The van der Waals surface area contributed by atoms with E-state index in [0.717, 1.165) is 0 Å². The molecule has 1 aliphatic carbocycles. The Balaban J connectivity index is 1.97. The molecule has 9 heteroatoms. The van der Waals surface area contributed by atoms with Crippen LogP contribution >= 0.6 is 0 Å². The summed E-state index contributed by atoms with van der Waals surface area (Å²) in [5, 5.41) is 1.43. The summed E-state index contributed by atoms with van der Waals surface area (Å²) >= 11 is 0. The normalized spacial score (nSPS) is 26.4. The molecular weight excluding hydrogens is 374 g/mol. The van der Waals surface area contributed by atoms with Crippen molar-refractivity contribution in [3.8, 4) is 11.5 Å². The number of hydrogen-bond acceptors (Lipinski definition) is 7. The van der Waals surface area contributed by atoms with Gasteiger partial charge in [0.15, 0.2) is 21.3 Å². The van der Waals surface area contributed by atoms with E-state index in [0.29, 0.717) is 23.3 Å². The van der Waals surface area contributed by atoms with Gasteiger partial charge in [0.2, 0.25) is 6.79 Å². The van der Waals surface area contributed by atoms with Gasteiger partial charge in [0, 0.05) is 11.7 Å². The molecule has 0 unspecified atom stereocenters. The molecule has 0 saturated heterocycles. The quantitative estimate of drug-likeness (QED) is 0.755. The number of fused-ring (bicyclic) bond motifs is 1. The zero-order valence-corrected chi connectivity index (χ0v) is 16.5. The standard InChI is InChI=1S/C18H23NO7S/c1-5-27(22,23)15-14(11-6-7-12-13(8-11)25-10-24-12)18(15,9-20)19-16(21)26-17(2,3)4/h6-9,14-15H,5,10H2,1-4H3,(H,19,21)/t14-,15-,18+/m0/s1. The molecule has 0 aromatic heterocycles. The fourth-order valence-electron chi connectivity index (χ4n) is 3.41. The number of ether oxygens (including phenoxy) is 3. The van der Waals surface area contributed by atoms with Gasteiger partial charge in [-0.25, -0.2) is 13.2 Å². The average molecular weight is 397 g/mol. The number of nitrogens with one attached hydrogen (secondary N) is 1. The number of carbonyl (C=O) groups excluding carboxylic acids is 2. The summed E-state index contributed by atoms with van der Waals surface area (Å²) < 4.78 is 41.1. The predicted octanol–water partition coefficient (Wildman–Crippen LogP) is 1.78. The van der Waals surface area contributed by atoms with Crippen LogP contribution in [0.3, 0.4) is 0 Å². The maximum Gasteiger partial charge on any atom is 0.408 e. The van der Waals surface area contributed by atoms with Crippen LogP contribution in [0.4, 0.5) is 4.79 Å². The lowest BCUT2D eigenvalue weighted by molar-refractivity contribution is -0.110. The molecule has 2 aliphatic rings. The minimum atomic E-state index is -3.62. The van der Waals surface area contributed by atoms with Crippen LogP contribution in [0, 0.1) is 0 Å². The number of carbonyl (C=O) groups is 2. The van der Waals surface area contributed by atoms with Crippen LogP contribution < -0.4 is 14.8 Å². The van der Waals surface area contributed by atoms with Gasteiger partial charge < -0.3 is 24.3 Å². The Morgan fingerprint density at radius 2 is 2.00 bits per heavy atom. The SMILES string of the molecule is CCS(=O)(=O)[C@H]1[C@H](c2ccc3c(c2)OCO3)[C@@]1(C=O)NC(=O)OC(C)(C)C. The van der Waals surface area contributed by atoms with Crippen molar-refractivity contribution in [2.75, 3.05) is 12.5 Å². The second-order valence-electron chi connectivity index (χ2n) is 7.64. The van der Waals surface area contributed by atoms with E-state index in [1.807, 2.05) is 0 Å². The van der Waals surface area contributed by atoms with E-state index in [9.17, 15) is 18.0 Å². The van der Waals surface area contributed by atoms with Crippen molar-refractivity contribution >= 4 is 22.2 Å². The molecule has 8 nitrogen and oxygen atoms in total. The monoisotopic (exact) mass is 397 g/mol. The van der Waals surface area contributed by atoms with Crippen LogP contribution in [0.1, 0.15) is 39.2 Å². The van der Waals surface area contributed by atoms with E-state index >= 15 is 0 Å². The molecule has 1 heterocycles. The number of benzene rings is 1. The number of rotatable bonds is 5. The first kappa shape index (κ1) is 19.5. The zero-order chi connectivity index (χ0) is 20.0. The minimum absolute atomic E-state index is 0.0785. The molecule has 3 rings (SSSR count). The average Bonchev–Trinajstić information content (AvgIpc) is 3.00. The first-order chi connectivity index (χ1) is 12.5. The van der Waals surface area contributed by atoms with E-state index in [4.69, 9.17) is 14.2 Å². The van der Waals surface area contributed by atoms with Crippen LogP contribution in [0.2, 0.25) is 0 Å². The van der Waals surface area contributed by atoms with Gasteiger partial charge in [-0.2, -0.15) is 0 Å². The first-order valence-electron chi connectivity index (χ1n) is 8.62. The Labute approximate surface area is 158 Å². The third-order valence-electron chi connectivity index (χ3n) is 4.64. The summed E-state index contributed by atoms with van der Waals surface area (Å²) in [6, 6.07) is 4.99. The van der Waals surface area contributed by atoms with Crippen LogP contribution in [0.5, 0.6) is 11.5 Å². The van der Waals surface area contributed by atoms with Crippen molar-refractivity contribution in [1.29, 1.82) is 0 Å². The van der Waals surface area contributed by atoms with Gasteiger partial charge in [-0.3, -0.25) is 0 Å². The highest BCUT2D eigenvalue weighted by molar-refractivity contribution is 7.92. The van der Waals surface area contributed by atoms with Crippen molar-refractivity contribution in [3.63, 3.8) is 0 Å². The first-order valence-corrected chi connectivity index (χ1v) is 10.3. The van der Waals surface area contributed by atoms with Crippen molar-refractivity contribution in [1.82, 2.24) is 5.32 Å². The Bertz CT molecular complexity index is 874. The lowest BCUT2D eigenvalue weighted by atomic mass is 10.1. The molecule has 1 aliphatic heterocycles. The maximum atomic E-state index is 12.6. The van der Waals surface area contributed by atoms with Gasteiger partial charge in [-0.1, -0.05) is 13.0 Å². The summed E-state index contributed by atoms with van der Waals surface area (Å²) in [7, 11) is -3.62. The van der Waals surface area contributed by atoms with Gasteiger partial charge >= 0.3 is 6.09 Å². The molecule has 148 valence electrons. The summed E-state index contributed by atoms with van der Waals surface area (Å²) in [4.78, 5) is 24.3. The van der Waals surface area contributed by atoms with Gasteiger partial charge in [0.1, 0.15) is 22.7 Å². The Hall–Kier alpha value is -2.29. The van der Waals surface area contributed by atoms with Gasteiger partial charge in [0.25, 0.3) is 0 Å². The Morgan fingerprint density at radius 3 is 2.59 bits per heavy atom. The maximum absolute atomic E-state index is 12.6. The van der Waals surface area contributed by atoms with E-state index in [-0.39, 0.29) is 12.5 Å². The lowest BCUT2D eigenvalue weighted by Gasteiger charge is -2.22. The van der Waals surface area contributed by atoms with Crippen LogP contribution in [-0.4, -0.2) is 49.7 Å². The molecule has 1 N–H and O–H groups in total. The number of alkyl carbamates (subject to hydrolysis) is 1. The molecule has 1 saturated carbocycles. The molecule has 1 fully saturated rings. The highest BCUT2D eigenvalue weighted by atomic mass is 32.2. The third-order valence-corrected chi connectivity index (χ3v) is 6.88. The Morgan fingerprint density at radius 1 is 1.33 bits per heavy atom. The molecule has 0 bridgehead atoms. The summed E-state index contributed by atoms with van der Waals surface area (Å²) in [5.74, 6) is 0.141. The second kappa shape index (κ2) is 6.40. The topological polar surface area (TPSA) is 108 Å². The van der Waals surface area contributed by atoms with Crippen molar-refractivity contribution in [3.05, 3.63) is 23.8 Å². The van der Waals surface area contributed by atoms with E-state index in [1.165, 1.54) is 6.92 Å². The molecular formula is C18H23NO7S. The predicted molar refractivity (Wildman–Crippen MR) is 96.7 cm³/mol. The molecule has 1 aromatic rings. The molecule has 1 aromatic carbocycles. The van der Waals surface area contributed by atoms with Crippen LogP contribution in [-0.2, 0) is 19.4 Å². The highest BCUT2D eigenvalue weighted by Gasteiger charge is 2.72. The van der Waals surface area contributed by atoms with Crippen LogP contribution in [0.25, 0.3) is 0 Å². The second-order valence-corrected chi connectivity index (χ2v) is 10.1. The van der Waals surface area contributed by atoms with E-state index in [2.05, 4.69) is 5.32 Å². The number of amides is 1. The summed E-state index contributed by atoms with van der Waals surface area (Å²) in [6.07, 6.45) is -0.349. The van der Waals surface area contributed by atoms with Crippen molar-refractivity contribution in [2.24, 2.45) is 0 Å². The largest absolute Gasteiger partial charge is 0.454 e. The zero-order valence-electron chi connectivity index (χ0n) is 15.6. The minimum Gasteiger partial charge on any atom is -0.454 e. The van der Waals surface area contributed by atoms with Gasteiger partial charge in [-0.15, -0.1) is 0 Å². The molecule has 3 atom stereocenters. The lowest BCUT2D eigenvalue weighted by Crippen LogP contribution is -2.45. The molecule has 1 amide bonds. The van der Waals surface area contributed by atoms with Gasteiger partial charge in [-0.05, 0) is 38.5 Å². The highest BCUT2D eigenvalue weighted by Crippen LogP contribution is 2.56. The summed E-state index contributed by atoms with van der Waals surface area (Å²) in [5.41, 5.74) is -1.79. The van der Waals surface area contributed by atoms with E-state index < -0.39 is 38.2 Å². The van der Waals surface area contributed by atoms with Crippen molar-refractivity contribution in [2.45, 2.75) is 50.0 Å². The number of sulfone groups is 1. The van der Waals surface area contributed by atoms with Gasteiger partial charge in [0.05, 0.1) is 0 Å². The smallest absolute Gasteiger partial charge is 0.408 e. The molecule has 0 radical (unpaired) electrons. The van der Waals surface area contributed by atoms with E-state index in [1.54, 1.807) is 39.0 Å². The van der Waals surface area contributed by atoms with Crippen LogP contribution in [0.15, 0.2) is 18.2 Å². The number of aldehydes is 1. The number of hydrogen-bond donors (Lipinski definition) is 1. The molecule has 27 heavy (non-hydrogen) atoms. The molecule has 0 spiro atoms. The summed E-state index contributed by atoms with van der Waals surface area (Å²) in [6.45, 7) is 6.64. The fourth-order valence-corrected chi connectivity index (χ4v) is 5.35. The van der Waals surface area contributed by atoms with Crippen molar-refractivity contribution < 1.29 is 32.2 Å².